The first-order valence-electron chi connectivity index (χ1n) is 11.2. The van der Waals surface area contributed by atoms with Crippen LogP contribution in [0.3, 0.4) is 0 Å². The Hall–Kier alpha value is -2.04. The van der Waals surface area contributed by atoms with Gasteiger partial charge in [0.1, 0.15) is 11.6 Å². The molecule has 6 bridgehead atoms. The fourth-order valence-corrected chi connectivity index (χ4v) is 13.1. The standard InChI is InChI=1S/C24H18O5/c25-17-13-9-3-4-10(14(13)18(26)29-17)24-12-6-11-15-16(12)22(20(24)28)8-2-1-7(5-8)21(15,22)19(27)23(9,11)24/h1-4,7-16H,5-6H2/t7-,8+,9-,10+,11-,12+,13+,14-,15-,16+,21-,22+,23+,24-. The normalized spacial score (nSPS) is 73.4. The van der Waals surface area contributed by atoms with Gasteiger partial charge in [0, 0.05) is 11.8 Å². The minimum Gasteiger partial charge on any atom is -0.393 e. The molecule has 1 saturated heterocycles. The number of ketones is 2. The van der Waals surface area contributed by atoms with Crippen LogP contribution in [0.25, 0.3) is 0 Å². The number of fused-ring (bicyclic) bond motifs is 2. The minimum absolute atomic E-state index is 0.208. The van der Waals surface area contributed by atoms with Crippen LogP contribution in [0.2, 0.25) is 0 Å². The summed E-state index contributed by atoms with van der Waals surface area (Å²) in [7, 11) is 0. The lowest BCUT2D eigenvalue weighted by Crippen LogP contribution is -2.75. The van der Waals surface area contributed by atoms with Gasteiger partial charge >= 0.3 is 11.9 Å². The molecule has 11 aliphatic rings. The molecule has 14 atom stereocenters. The van der Waals surface area contributed by atoms with Crippen molar-refractivity contribution in [2.75, 3.05) is 0 Å². The van der Waals surface area contributed by atoms with Crippen molar-refractivity contribution in [3.63, 3.8) is 0 Å². The first-order chi connectivity index (χ1) is 14.0. The van der Waals surface area contributed by atoms with Crippen LogP contribution in [-0.4, -0.2) is 23.5 Å². The van der Waals surface area contributed by atoms with Gasteiger partial charge in [-0.3, -0.25) is 19.2 Å². The minimum atomic E-state index is -0.738. The zero-order chi connectivity index (χ0) is 19.0. The van der Waals surface area contributed by atoms with Crippen molar-refractivity contribution in [1.82, 2.24) is 0 Å². The molecule has 5 heteroatoms. The van der Waals surface area contributed by atoms with Gasteiger partial charge in [0.15, 0.2) is 0 Å². The molecule has 0 unspecified atom stereocenters. The maximum absolute atomic E-state index is 14.7. The number of rotatable bonds is 0. The number of carbonyl (C=O) groups excluding carboxylic acids is 4. The highest BCUT2D eigenvalue weighted by atomic mass is 16.6. The smallest absolute Gasteiger partial charge is 0.318 e. The molecule has 5 nitrogen and oxygen atoms in total. The largest absolute Gasteiger partial charge is 0.393 e. The van der Waals surface area contributed by atoms with Crippen molar-refractivity contribution in [3.8, 4) is 0 Å². The summed E-state index contributed by atoms with van der Waals surface area (Å²) in [5, 5.41) is 0. The highest BCUT2D eigenvalue weighted by Crippen LogP contribution is 3.04. The second-order valence-corrected chi connectivity index (χ2v) is 11.7. The second kappa shape index (κ2) is 3.21. The first kappa shape index (κ1) is 14.1. The van der Waals surface area contributed by atoms with Crippen molar-refractivity contribution in [2.45, 2.75) is 12.8 Å². The van der Waals surface area contributed by atoms with Crippen LogP contribution in [0, 0.1) is 80.8 Å². The van der Waals surface area contributed by atoms with E-state index in [0.717, 1.165) is 12.8 Å². The number of Topliss-reactive ketones (excluding diaryl/α,β-unsaturated/α-hetero) is 2. The van der Waals surface area contributed by atoms with Gasteiger partial charge in [-0.05, 0) is 48.3 Å². The zero-order valence-corrected chi connectivity index (χ0v) is 15.5. The number of ether oxygens (including phenoxy) is 1. The van der Waals surface area contributed by atoms with E-state index in [2.05, 4.69) is 12.2 Å². The molecule has 7 saturated carbocycles. The van der Waals surface area contributed by atoms with E-state index in [1.165, 1.54) is 0 Å². The van der Waals surface area contributed by atoms with Gasteiger partial charge in [0.25, 0.3) is 0 Å². The Balaban J connectivity index is 1.39. The number of hydrogen-bond acceptors (Lipinski definition) is 5. The zero-order valence-electron chi connectivity index (χ0n) is 15.5. The number of allylic oxidation sites excluding steroid dienone is 4. The Morgan fingerprint density at radius 3 is 1.62 bits per heavy atom. The molecule has 10 aliphatic carbocycles. The lowest BCUT2D eigenvalue weighted by atomic mass is 9.33. The number of hydrogen-bond donors (Lipinski definition) is 0. The van der Waals surface area contributed by atoms with E-state index in [9.17, 15) is 19.2 Å². The van der Waals surface area contributed by atoms with Gasteiger partial charge in [-0.2, -0.15) is 0 Å². The van der Waals surface area contributed by atoms with Gasteiger partial charge in [-0.15, -0.1) is 0 Å². The molecule has 8 fully saturated rings. The summed E-state index contributed by atoms with van der Waals surface area (Å²) in [5.74, 6) is -0.511. The van der Waals surface area contributed by atoms with Gasteiger partial charge < -0.3 is 4.74 Å². The molecule has 0 radical (unpaired) electrons. The Bertz CT molecular complexity index is 1090. The van der Waals surface area contributed by atoms with E-state index in [0.29, 0.717) is 23.4 Å². The summed E-state index contributed by atoms with van der Waals surface area (Å²) in [6, 6.07) is 0. The van der Waals surface area contributed by atoms with Crippen LogP contribution in [0.5, 0.6) is 0 Å². The van der Waals surface area contributed by atoms with Crippen molar-refractivity contribution >= 4 is 23.5 Å². The Morgan fingerprint density at radius 1 is 0.655 bits per heavy atom. The third-order valence-corrected chi connectivity index (χ3v) is 12.6. The molecule has 0 aromatic rings. The third-order valence-electron chi connectivity index (χ3n) is 12.6. The molecule has 0 aromatic carbocycles. The SMILES string of the molecule is O=C1OC(=O)[C@H]2[C@@H]1[C@H]1C=C[C@@H]2[C@]23C(=O)[C@]45[C@@H]6[C@H]7[C@@H](C[C@@H]62)[C@]13C(=O)[C@@]74[C@@H]1C=C[C@H]5C1. The van der Waals surface area contributed by atoms with Gasteiger partial charge in [-0.25, -0.2) is 0 Å². The molecule has 4 spiro atoms. The quantitative estimate of drug-likeness (QED) is 0.357. The molecule has 0 N–H and O–H groups in total. The van der Waals surface area contributed by atoms with Crippen LogP contribution in [0.4, 0.5) is 0 Å². The summed E-state index contributed by atoms with van der Waals surface area (Å²) >= 11 is 0. The van der Waals surface area contributed by atoms with Gasteiger partial charge in [0.2, 0.25) is 0 Å². The number of esters is 2. The lowest BCUT2D eigenvalue weighted by Gasteiger charge is -2.66. The van der Waals surface area contributed by atoms with E-state index in [4.69, 9.17) is 4.74 Å². The van der Waals surface area contributed by atoms with E-state index < -0.39 is 45.4 Å². The van der Waals surface area contributed by atoms with Crippen LogP contribution in [0.15, 0.2) is 24.3 Å². The molecule has 144 valence electrons. The Labute approximate surface area is 165 Å². The molecular formula is C24H18O5. The molecule has 1 heterocycles. The van der Waals surface area contributed by atoms with Crippen LogP contribution in [0.1, 0.15) is 12.8 Å². The van der Waals surface area contributed by atoms with E-state index in [-0.39, 0.29) is 35.5 Å². The second-order valence-electron chi connectivity index (χ2n) is 11.7. The molecule has 0 amide bonds. The number of cyclic esters (lactones) is 2. The number of carbonyl (C=O) groups is 4. The average Bonchev–Trinajstić information content (AvgIpc) is 3.48. The predicted octanol–water partition coefficient (Wildman–Crippen LogP) is 1.33. The molecule has 0 aromatic heterocycles. The summed E-state index contributed by atoms with van der Waals surface area (Å²) < 4.78 is 5.12. The van der Waals surface area contributed by atoms with Crippen molar-refractivity contribution in [3.05, 3.63) is 24.3 Å². The monoisotopic (exact) mass is 386 g/mol. The van der Waals surface area contributed by atoms with Crippen molar-refractivity contribution in [2.24, 2.45) is 80.8 Å². The summed E-state index contributed by atoms with van der Waals surface area (Å²) in [6.45, 7) is 0. The predicted molar refractivity (Wildman–Crippen MR) is 93.3 cm³/mol. The Kier molecular flexibility index (Phi) is 1.56. The Morgan fingerprint density at radius 2 is 1.14 bits per heavy atom. The molecule has 29 heavy (non-hydrogen) atoms. The average molecular weight is 386 g/mol. The van der Waals surface area contributed by atoms with Gasteiger partial charge in [0.05, 0.1) is 33.5 Å². The fourth-order valence-electron chi connectivity index (χ4n) is 13.1. The lowest BCUT2D eigenvalue weighted by molar-refractivity contribution is -0.201. The maximum atomic E-state index is 14.7. The highest BCUT2D eigenvalue weighted by molar-refractivity contribution is 6.19. The molecular weight excluding hydrogens is 368 g/mol. The third kappa shape index (κ3) is 0.740. The van der Waals surface area contributed by atoms with Crippen molar-refractivity contribution in [1.29, 1.82) is 0 Å². The molecule has 1 aliphatic heterocycles. The van der Waals surface area contributed by atoms with Crippen LogP contribution in [-0.2, 0) is 23.9 Å². The topological polar surface area (TPSA) is 77.5 Å². The van der Waals surface area contributed by atoms with E-state index in [1.807, 2.05) is 12.2 Å². The first-order valence-corrected chi connectivity index (χ1v) is 11.2. The van der Waals surface area contributed by atoms with Crippen LogP contribution >= 0.6 is 0 Å². The fraction of sp³-hybridized carbons (Fsp3) is 0.667. The highest BCUT2D eigenvalue weighted by Gasteiger charge is 3.08. The maximum Gasteiger partial charge on any atom is 0.318 e. The van der Waals surface area contributed by atoms with Crippen LogP contribution < -0.4 is 0 Å². The van der Waals surface area contributed by atoms with E-state index in [1.54, 1.807) is 0 Å². The van der Waals surface area contributed by atoms with E-state index >= 15 is 0 Å². The summed E-state index contributed by atoms with van der Waals surface area (Å²) in [6.07, 6.45) is 10.5. The van der Waals surface area contributed by atoms with Crippen molar-refractivity contribution < 1.29 is 23.9 Å². The molecule has 11 rings (SSSR count). The van der Waals surface area contributed by atoms with Gasteiger partial charge in [-0.1, -0.05) is 24.3 Å². The summed E-state index contributed by atoms with van der Waals surface area (Å²) in [5.41, 5.74) is -2.45. The summed E-state index contributed by atoms with van der Waals surface area (Å²) in [4.78, 5) is 54.9.